The second-order valence-electron chi connectivity index (χ2n) is 8.01. The van der Waals surface area contributed by atoms with Crippen molar-refractivity contribution in [3.63, 3.8) is 0 Å². The van der Waals surface area contributed by atoms with Crippen LogP contribution >= 0.6 is 0 Å². The van der Waals surface area contributed by atoms with Gasteiger partial charge in [0.25, 0.3) is 11.8 Å². The molecule has 1 saturated heterocycles. The fraction of sp³-hybridized carbons (Fsp3) is 0.417. The van der Waals surface area contributed by atoms with E-state index in [2.05, 4.69) is 34.6 Å². The van der Waals surface area contributed by atoms with Gasteiger partial charge in [-0.1, -0.05) is 25.1 Å². The highest BCUT2D eigenvalue weighted by atomic mass is 16.2. The van der Waals surface area contributed by atoms with Crippen LogP contribution < -0.4 is 20.4 Å². The Morgan fingerprint density at radius 2 is 1.53 bits per heavy atom. The first-order valence-corrected chi connectivity index (χ1v) is 10.9. The zero-order valence-electron chi connectivity index (χ0n) is 18.0. The maximum atomic E-state index is 12.4. The van der Waals surface area contributed by atoms with Crippen LogP contribution in [0.1, 0.15) is 31.7 Å². The highest BCUT2D eigenvalue weighted by Crippen LogP contribution is 2.21. The molecule has 1 atom stereocenters. The van der Waals surface area contributed by atoms with Gasteiger partial charge in [0, 0.05) is 30.2 Å². The number of benzene rings is 2. The van der Waals surface area contributed by atoms with Crippen molar-refractivity contribution in [2.45, 2.75) is 32.6 Å². The number of rotatable bonds is 8. The summed E-state index contributed by atoms with van der Waals surface area (Å²) in [7, 11) is 1.85. The van der Waals surface area contributed by atoms with E-state index in [1.807, 2.05) is 43.4 Å². The number of hydrogen-bond acceptors (Lipinski definition) is 3. The monoisotopic (exact) mass is 409 g/mol. The Bertz CT molecular complexity index is 845. The lowest BCUT2D eigenvalue weighted by Gasteiger charge is -2.28. The van der Waals surface area contributed by atoms with Gasteiger partial charge in [0.2, 0.25) is 0 Å². The first-order valence-electron chi connectivity index (χ1n) is 10.9. The Morgan fingerprint density at radius 3 is 2.20 bits per heavy atom. The summed E-state index contributed by atoms with van der Waals surface area (Å²) in [4.78, 5) is 28.0. The van der Waals surface area contributed by atoms with Crippen LogP contribution in [0.3, 0.4) is 0 Å². The molecule has 1 aliphatic rings. The number of hydrogen-bond donors (Lipinski definition) is 3. The summed E-state index contributed by atoms with van der Waals surface area (Å²) in [6.45, 7) is 4.73. The highest BCUT2D eigenvalue weighted by Gasteiger charge is 2.16. The topological polar surface area (TPSA) is 65.9 Å². The largest absolute Gasteiger partial charge is 0.372 e. The number of likely N-dealkylation sites (N-methyl/N-ethyl adjacent to an activating group) is 1. The standard InChI is InChI=1S/C24H32N4O2/c1-3-19-9-5-6-10-22(19)26-24(30)18-27(2)17-23(29)25-20-11-13-21(14-12-20)28-15-7-4-8-16-28/h5-6,9-14H,3-4,7-8,15-18H2,1-2H3,(H,25,29)(H,26,30)/p+1. The first-order chi connectivity index (χ1) is 14.5. The number of nitrogens with one attached hydrogen (secondary N) is 3. The van der Waals surface area contributed by atoms with Crippen molar-refractivity contribution in [3.8, 4) is 0 Å². The highest BCUT2D eigenvalue weighted by molar-refractivity contribution is 5.93. The smallest absolute Gasteiger partial charge is 0.279 e. The molecule has 1 unspecified atom stereocenters. The molecule has 0 spiro atoms. The fourth-order valence-corrected chi connectivity index (χ4v) is 3.87. The minimum absolute atomic E-state index is 0.0907. The van der Waals surface area contributed by atoms with Crippen LogP contribution in [-0.2, 0) is 16.0 Å². The molecule has 2 aromatic carbocycles. The van der Waals surface area contributed by atoms with E-state index in [1.165, 1.54) is 24.9 Å². The molecule has 1 fully saturated rings. The number of carbonyl (C=O) groups is 2. The summed E-state index contributed by atoms with van der Waals surface area (Å²) < 4.78 is 0. The average Bonchev–Trinajstić information content (AvgIpc) is 2.75. The lowest BCUT2D eigenvalue weighted by Crippen LogP contribution is -3.11. The molecule has 160 valence electrons. The van der Waals surface area contributed by atoms with E-state index in [-0.39, 0.29) is 24.9 Å². The number of quaternary nitrogens is 1. The van der Waals surface area contributed by atoms with Crippen molar-refractivity contribution in [2.24, 2.45) is 0 Å². The zero-order chi connectivity index (χ0) is 21.3. The third-order valence-corrected chi connectivity index (χ3v) is 5.47. The van der Waals surface area contributed by atoms with Crippen LogP contribution in [0.5, 0.6) is 0 Å². The second-order valence-corrected chi connectivity index (χ2v) is 8.01. The Balaban J connectivity index is 1.45. The lowest BCUT2D eigenvalue weighted by atomic mass is 10.1. The van der Waals surface area contributed by atoms with Gasteiger partial charge in [0.05, 0.1) is 7.05 Å². The molecule has 0 saturated carbocycles. The van der Waals surface area contributed by atoms with Crippen LogP contribution in [0.4, 0.5) is 17.1 Å². The van der Waals surface area contributed by atoms with E-state index in [1.54, 1.807) is 0 Å². The van der Waals surface area contributed by atoms with Crippen LogP contribution in [0.2, 0.25) is 0 Å². The van der Waals surface area contributed by atoms with Gasteiger partial charge in [0.1, 0.15) is 0 Å². The summed E-state index contributed by atoms with van der Waals surface area (Å²) in [5.41, 5.74) is 3.94. The van der Waals surface area contributed by atoms with Gasteiger partial charge in [-0.05, 0) is 61.6 Å². The molecule has 3 N–H and O–H groups in total. The molecule has 0 bridgehead atoms. The first kappa shape index (κ1) is 21.8. The van der Waals surface area contributed by atoms with Crippen molar-refractivity contribution in [3.05, 3.63) is 54.1 Å². The Labute approximate surface area is 179 Å². The lowest BCUT2D eigenvalue weighted by molar-refractivity contribution is -0.862. The molecule has 1 heterocycles. The van der Waals surface area contributed by atoms with Crippen molar-refractivity contribution >= 4 is 28.9 Å². The van der Waals surface area contributed by atoms with Crippen molar-refractivity contribution in [1.82, 2.24) is 0 Å². The molecule has 2 aromatic rings. The van der Waals surface area contributed by atoms with Crippen molar-refractivity contribution in [1.29, 1.82) is 0 Å². The Morgan fingerprint density at radius 1 is 0.900 bits per heavy atom. The van der Waals surface area contributed by atoms with E-state index in [9.17, 15) is 9.59 Å². The molecule has 30 heavy (non-hydrogen) atoms. The minimum atomic E-state index is -0.0972. The summed E-state index contributed by atoms with van der Waals surface area (Å²) in [5, 5.41) is 5.89. The molecule has 0 aliphatic carbocycles. The number of anilines is 3. The SMILES string of the molecule is CCc1ccccc1NC(=O)C[NH+](C)CC(=O)Nc1ccc(N2CCCCC2)cc1. The number of amides is 2. The minimum Gasteiger partial charge on any atom is -0.372 e. The Kier molecular flexibility index (Phi) is 7.85. The molecule has 3 rings (SSSR count). The van der Waals surface area contributed by atoms with Gasteiger partial charge in [0.15, 0.2) is 13.1 Å². The van der Waals surface area contributed by atoms with E-state index in [0.29, 0.717) is 0 Å². The summed E-state index contributed by atoms with van der Waals surface area (Å²) in [5.74, 6) is -0.188. The van der Waals surface area contributed by atoms with Crippen LogP contribution in [0.25, 0.3) is 0 Å². The maximum Gasteiger partial charge on any atom is 0.279 e. The fourth-order valence-electron chi connectivity index (χ4n) is 3.87. The van der Waals surface area contributed by atoms with Crippen LogP contribution in [0.15, 0.2) is 48.5 Å². The molecular formula is C24H33N4O2+. The normalized spacial score (nSPS) is 14.8. The number of piperidine rings is 1. The summed E-state index contributed by atoms with van der Waals surface area (Å²) in [6, 6.07) is 15.8. The van der Waals surface area contributed by atoms with Gasteiger partial charge in [-0.25, -0.2) is 0 Å². The summed E-state index contributed by atoms with van der Waals surface area (Å²) in [6.07, 6.45) is 4.65. The third-order valence-electron chi connectivity index (χ3n) is 5.47. The molecule has 2 amide bonds. The van der Waals surface area contributed by atoms with E-state index < -0.39 is 0 Å². The predicted molar refractivity (Wildman–Crippen MR) is 122 cm³/mol. The van der Waals surface area contributed by atoms with E-state index in [0.717, 1.165) is 41.3 Å². The predicted octanol–water partition coefficient (Wildman–Crippen LogP) is 2.33. The van der Waals surface area contributed by atoms with Gasteiger partial charge < -0.3 is 20.4 Å². The van der Waals surface area contributed by atoms with Gasteiger partial charge >= 0.3 is 0 Å². The number of nitrogens with zero attached hydrogens (tertiary/aromatic N) is 1. The van der Waals surface area contributed by atoms with Crippen molar-refractivity contribution < 1.29 is 14.5 Å². The number of para-hydroxylation sites is 1. The second kappa shape index (κ2) is 10.8. The molecule has 0 radical (unpaired) electrons. The van der Waals surface area contributed by atoms with Gasteiger partial charge in [-0.3, -0.25) is 9.59 Å². The molecule has 1 aliphatic heterocycles. The van der Waals surface area contributed by atoms with E-state index >= 15 is 0 Å². The maximum absolute atomic E-state index is 12.4. The van der Waals surface area contributed by atoms with Gasteiger partial charge in [-0.15, -0.1) is 0 Å². The Hall–Kier alpha value is -2.86. The number of carbonyl (C=O) groups excluding carboxylic acids is 2. The molecular weight excluding hydrogens is 376 g/mol. The van der Waals surface area contributed by atoms with Gasteiger partial charge in [-0.2, -0.15) is 0 Å². The number of aryl methyl sites for hydroxylation is 1. The average molecular weight is 410 g/mol. The molecule has 6 nitrogen and oxygen atoms in total. The molecule has 0 aromatic heterocycles. The summed E-state index contributed by atoms with van der Waals surface area (Å²) >= 11 is 0. The van der Waals surface area contributed by atoms with Crippen LogP contribution in [-0.4, -0.2) is 45.0 Å². The van der Waals surface area contributed by atoms with E-state index in [4.69, 9.17) is 0 Å². The van der Waals surface area contributed by atoms with Crippen LogP contribution in [0, 0.1) is 0 Å². The van der Waals surface area contributed by atoms with Crippen molar-refractivity contribution in [2.75, 3.05) is 48.8 Å². The zero-order valence-corrected chi connectivity index (χ0v) is 18.0. The molecule has 6 heteroatoms. The third kappa shape index (κ3) is 6.32. The quantitative estimate of drug-likeness (QED) is 0.627.